The van der Waals surface area contributed by atoms with Gasteiger partial charge in [-0.1, -0.05) is 12.1 Å². The van der Waals surface area contributed by atoms with Crippen molar-refractivity contribution < 1.29 is 4.92 Å². The lowest BCUT2D eigenvalue weighted by Gasteiger charge is -2.36. The molecule has 1 aliphatic rings. The van der Waals surface area contributed by atoms with Crippen molar-refractivity contribution >= 4 is 23.1 Å². The molecule has 0 aliphatic carbocycles. The lowest BCUT2D eigenvalue weighted by Crippen LogP contribution is -2.46. The lowest BCUT2D eigenvalue weighted by molar-refractivity contribution is -0.384. The molecule has 1 fully saturated rings. The second kappa shape index (κ2) is 9.05. The molecule has 0 atom stereocenters. The van der Waals surface area contributed by atoms with Gasteiger partial charge in [-0.3, -0.25) is 15.0 Å². The van der Waals surface area contributed by atoms with Gasteiger partial charge in [0, 0.05) is 48.9 Å². The van der Waals surface area contributed by atoms with Crippen LogP contribution < -0.4 is 4.90 Å². The molecule has 138 valence electrons. The fourth-order valence-electron chi connectivity index (χ4n) is 3.20. The van der Waals surface area contributed by atoms with Crippen LogP contribution >= 0.6 is 11.8 Å². The van der Waals surface area contributed by atoms with Crippen molar-refractivity contribution in [3.8, 4) is 0 Å². The molecule has 1 heterocycles. The van der Waals surface area contributed by atoms with Crippen LogP contribution in [-0.2, 0) is 0 Å². The summed E-state index contributed by atoms with van der Waals surface area (Å²) in [5, 5.41) is 10.7. The number of benzene rings is 2. The zero-order valence-electron chi connectivity index (χ0n) is 15.1. The molecule has 6 heteroatoms. The zero-order valence-corrected chi connectivity index (χ0v) is 16.0. The van der Waals surface area contributed by atoms with E-state index in [1.54, 1.807) is 23.9 Å². The number of non-ortho nitro benzene ring substituents is 1. The Morgan fingerprint density at radius 3 is 2.46 bits per heavy atom. The first-order valence-electron chi connectivity index (χ1n) is 9.03. The minimum atomic E-state index is -0.356. The molecule has 0 amide bonds. The normalized spacial score (nSPS) is 15.2. The van der Waals surface area contributed by atoms with Gasteiger partial charge in [-0.05, 0) is 55.5 Å². The average Bonchev–Trinajstić information content (AvgIpc) is 2.66. The van der Waals surface area contributed by atoms with Crippen LogP contribution in [0, 0.1) is 17.0 Å². The number of nitrogens with zero attached hydrogens (tertiary/aromatic N) is 3. The van der Waals surface area contributed by atoms with Gasteiger partial charge in [-0.15, -0.1) is 11.8 Å². The Kier molecular flexibility index (Phi) is 6.52. The third-order valence-electron chi connectivity index (χ3n) is 4.67. The van der Waals surface area contributed by atoms with Gasteiger partial charge in [0.2, 0.25) is 0 Å². The summed E-state index contributed by atoms with van der Waals surface area (Å²) in [5.74, 6) is 1.04. The van der Waals surface area contributed by atoms with Crippen molar-refractivity contribution in [1.29, 1.82) is 0 Å². The number of nitro groups is 1. The van der Waals surface area contributed by atoms with Gasteiger partial charge in [0.25, 0.3) is 5.69 Å². The molecule has 3 rings (SSSR count). The van der Waals surface area contributed by atoms with Crippen LogP contribution in [0.25, 0.3) is 0 Å². The van der Waals surface area contributed by atoms with Crippen LogP contribution in [0.4, 0.5) is 11.4 Å². The van der Waals surface area contributed by atoms with Gasteiger partial charge >= 0.3 is 0 Å². The van der Waals surface area contributed by atoms with Crippen molar-refractivity contribution in [2.24, 2.45) is 0 Å². The highest BCUT2D eigenvalue weighted by atomic mass is 32.2. The zero-order chi connectivity index (χ0) is 18.4. The maximum Gasteiger partial charge on any atom is 0.269 e. The monoisotopic (exact) mass is 371 g/mol. The number of rotatable bonds is 7. The summed E-state index contributed by atoms with van der Waals surface area (Å²) in [7, 11) is 0. The molecule has 0 radical (unpaired) electrons. The van der Waals surface area contributed by atoms with Crippen molar-refractivity contribution in [2.45, 2.75) is 18.2 Å². The molecular weight excluding hydrogens is 346 g/mol. The highest BCUT2D eigenvalue weighted by molar-refractivity contribution is 7.99. The van der Waals surface area contributed by atoms with Crippen molar-refractivity contribution in [3.05, 3.63) is 64.2 Å². The molecule has 2 aromatic rings. The quantitative estimate of drug-likeness (QED) is 0.316. The number of piperazine rings is 1. The molecule has 0 spiro atoms. The Labute approximate surface area is 159 Å². The highest BCUT2D eigenvalue weighted by Gasteiger charge is 2.16. The first-order valence-corrected chi connectivity index (χ1v) is 10.0. The standard InChI is InChI=1S/C20H25N3O2S/c1-17-4-2-5-19(16-17)22-13-11-21(12-14-22)10-3-15-26-20-8-6-18(7-9-20)23(24)25/h2,4-9,16H,3,10-15H2,1H3. The summed E-state index contributed by atoms with van der Waals surface area (Å²) in [5.41, 5.74) is 2.80. The molecular formula is C20H25N3O2S. The van der Waals surface area contributed by atoms with Gasteiger partial charge < -0.3 is 4.90 Å². The lowest BCUT2D eigenvalue weighted by atomic mass is 10.2. The molecule has 1 saturated heterocycles. The second-order valence-corrected chi connectivity index (χ2v) is 7.79. The molecule has 26 heavy (non-hydrogen) atoms. The number of anilines is 1. The van der Waals surface area contributed by atoms with Crippen LogP contribution in [0.1, 0.15) is 12.0 Å². The predicted octanol–water partition coefficient (Wildman–Crippen LogP) is 4.21. The smallest absolute Gasteiger partial charge is 0.269 e. The molecule has 0 saturated carbocycles. The SMILES string of the molecule is Cc1cccc(N2CCN(CCCSc3ccc([N+](=O)[O-])cc3)CC2)c1. The van der Waals surface area contributed by atoms with Gasteiger partial charge in [0.15, 0.2) is 0 Å². The second-order valence-electron chi connectivity index (χ2n) is 6.62. The summed E-state index contributed by atoms with van der Waals surface area (Å²) in [6.45, 7) is 7.63. The van der Waals surface area contributed by atoms with E-state index in [0.717, 1.165) is 49.8 Å². The van der Waals surface area contributed by atoms with Crippen LogP contribution in [0.15, 0.2) is 53.4 Å². The number of nitro benzene ring substituents is 1. The fraction of sp³-hybridized carbons (Fsp3) is 0.400. The third kappa shape index (κ3) is 5.22. The van der Waals surface area contributed by atoms with Gasteiger partial charge in [-0.25, -0.2) is 0 Å². The van der Waals surface area contributed by atoms with E-state index in [-0.39, 0.29) is 10.6 Å². The minimum Gasteiger partial charge on any atom is -0.369 e. The molecule has 2 aromatic carbocycles. The largest absolute Gasteiger partial charge is 0.369 e. The average molecular weight is 372 g/mol. The Morgan fingerprint density at radius 1 is 1.08 bits per heavy atom. The Morgan fingerprint density at radius 2 is 1.81 bits per heavy atom. The first-order chi connectivity index (χ1) is 12.6. The topological polar surface area (TPSA) is 49.6 Å². The van der Waals surface area contributed by atoms with E-state index in [2.05, 4.69) is 41.0 Å². The summed E-state index contributed by atoms with van der Waals surface area (Å²) in [4.78, 5) is 16.4. The van der Waals surface area contributed by atoms with Crippen molar-refractivity contribution in [3.63, 3.8) is 0 Å². The molecule has 0 bridgehead atoms. The Bertz CT molecular complexity index is 728. The minimum absolute atomic E-state index is 0.154. The van der Waals surface area contributed by atoms with E-state index < -0.39 is 0 Å². The van der Waals surface area contributed by atoms with Gasteiger partial charge in [-0.2, -0.15) is 0 Å². The van der Waals surface area contributed by atoms with Gasteiger partial charge in [0.1, 0.15) is 0 Å². The van der Waals surface area contributed by atoms with E-state index in [4.69, 9.17) is 0 Å². The van der Waals surface area contributed by atoms with Crippen LogP contribution in [-0.4, -0.2) is 48.3 Å². The molecule has 0 aromatic heterocycles. The highest BCUT2D eigenvalue weighted by Crippen LogP contribution is 2.22. The van der Waals surface area contributed by atoms with Crippen molar-refractivity contribution in [2.75, 3.05) is 43.4 Å². The Hall–Kier alpha value is -2.05. The van der Waals surface area contributed by atoms with Gasteiger partial charge in [0.05, 0.1) is 4.92 Å². The third-order valence-corrected chi connectivity index (χ3v) is 5.77. The molecule has 5 nitrogen and oxygen atoms in total. The number of aryl methyl sites for hydroxylation is 1. The maximum absolute atomic E-state index is 10.7. The van der Waals surface area contributed by atoms with E-state index >= 15 is 0 Å². The van der Waals surface area contributed by atoms with Crippen molar-refractivity contribution in [1.82, 2.24) is 4.90 Å². The summed E-state index contributed by atoms with van der Waals surface area (Å²) >= 11 is 1.77. The van der Waals surface area contributed by atoms with E-state index in [9.17, 15) is 10.1 Å². The Balaban J connectivity index is 1.35. The molecule has 0 N–H and O–H groups in total. The summed E-state index contributed by atoms with van der Waals surface area (Å²) in [6, 6.07) is 15.6. The number of thioether (sulfide) groups is 1. The summed E-state index contributed by atoms with van der Waals surface area (Å²) < 4.78 is 0. The van der Waals surface area contributed by atoms with Crippen LogP contribution in [0.5, 0.6) is 0 Å². The van der Waals surface area contributed by atoms with Crippen LogP contribution in [0.3, 0.4) is 0 Å². The first kappa shape index (κ1) is 18.7. The summed E-state index contributed by atoms with van der Waals surface area (Å²) in [6.07, 6.45) is 1.13. The predicted molar refractivity (Wildman–Crippen MR) is 108 cm³/mol. The molecule has 1 aliphatic heterocycles. The van der Waals surface area contributed by atoms with E-state index in [0.29, 0.717) is 0 Å². The number of hydrogen-bond donors (Lipinski definition) is 0. The maximum atomic E-state index is 10.7. The van der Waals surface area contributed by atoms with E-state index in [1.807, 2.05) is 12.1 Å². The fourth-order valence-corrected chi connectivity index (χ4v) is 4.03. The number of hydrogen-bond acceptors (Lipinski definition) is 5. The van der Waals surface area contributed by atoms with Crippen LogP contribution in [0.2, 0.25) is 0 Å². The van der Waals surface area contributed by atoms with E-state index in [1.165, 1.54) is 11.3 Å². The molecule has 0 unspecified atom stereocenters.